The summed E-state index contributed by atoms with van der Waals surface area (Å²) in [4.78, 5) is 28.5. The van der Waals surface area contributed by atoms with Crippen LogP contribution in [0.4, 0.5) is 10.1 Å². The molecule has 40 heavy (non-hydrogen) atoms. The van der Waals surface area contributed by atoms with Gasteiger partial charge in [-0.25, -0.2) is 12.8 Å². The lowest BCUT2D eigenvalue weighted by Crippen LogP contribution is -2.54. The first kappa shape index (κ1) is 25.9. The van der Waals surface area contributed by atoms with E-state index in [4.69, 9.17) is 4.74 Å². The predicted octanol–water partition coefficient (Wildman–Crippen LogP) is 4.97. The molecule has 2 heterocycles. The number of sulfonamides is 1. The fourth-order valence-corrected chi connectivity index (χ4v) is 7.89. The molecule has 4 aromatic rings. The predicted molar refractivity (Wildman–Crippen MR) is 147 cm³/mol. The molecule has 1 spiro atoms. The van der Waals surface area contributed by atoms with Crippen LogP contribution in [0.3, 0.4) is 0 Å². The number of Topliss-reactive ketones (excluding diaryl/α,β-unsaturated/α-hetero) is 1. The SMILES string of the molecule is COc1ccccc1C1CN(S(=O)(=O)c2ccc(F)cc2)C2(C(=O)Nc3ccccc32)C1C(=O)c1ccccc1. The van der Waals surface area contributed by atoms with E-state index >= 15 is 0 Å². The van der Waals surface area contributed by atoms with Crippen molar-refractivity contribution in [3.63, 3.8) is 0 Å². The number of nitrogens with zero attached hydrogens (tertiary/aromatic N) is 1. The zero-order chi connectivity index (χ0) is 28.1. The van der Waals surface area contributed by atoms with E-state index in [9.17, 15) is 22.4 Å². The molecule has 0 aromatic heterocycles. The van der Waals surface area contributed by atoms with Crippen molar-refractivity contribution in [2.45, 2.75) is 16.4 Å². The van der Waals surface area contributed by atoms with Gasteiger partial charge in [-0.2, -0.15) is 4.31 Å². The highest BCUT2D eigenvalue weighted by atomic mass is 32.2. The normalized spacial score (nSPS) is 22.2. The third-order valence-electron chi connectivity index (χ3n) is 7.82. The summed E-state index contributed by atoms with van der Waals surface area (Å²) in [5.41, 5.74) is -0.143. The van der Waals surface area contributed by atoms with Crippen molar-refractivity contribution in [2.75, 3.05) is 19.0 Å². The molecule has 7 nitrogen and oxygen atoms in total. The minimum Gasteiger partial charge on any atom is -0.496 e. The number of benzene rings is 4. The van der Waals surface area contributed by atoms with Crippen LogP contribution >= 0.6 is 0 Å². The van der Waals surface area contributed by atoms with E-state index in [1.165, 1.54) is 19.2 Å². The lowest BCUT2D eigenvalue weighted by atomic mass is 9.70. The van der Waals surface area contributed by atoms with E-state index in [2.05, 4.69) is 5.32 Å². The van der Waals surface area contributed by atoms with Gasteiger partial charge in [0.2, 0.25) is 10.0 Å². The molecule has 1 saturated heterocycles. The van der Waals surface area contributed by atoms with E-state index in [1.807, 2.05) is 0 Å². The molecule has 3 unspecified atom stereocenters. The van der Waals surface area contributed by atoms with Crippen LogP contribution in [0.25, 0.3) is 0 Å². The number of ketones is 1. The molecular formula is C31H25FN2O5S. The van der Waals surface area contributed by atoms with Crippen LogP contribution in [0.2, 0.25) is 0 Å². The number of carbonyl (C=O) groups excluding carboxylic acids is 2. The van der Waals surface area contributed by atoms with Crippen molar-refractivity contribution in [3.05, 3.63) is 126 Å². The maximum Gasteiger partial charge on any atom is 0.251 e. The lowest BCUT2D eigenvalue weighted by Gasteiger charge is -2.36. The molecule has 9 heteroatoms. The average Bonchev–Trinajstić information content (AvgIpc) is 3.49. The van der Waals surface area contributed by atoms with Gasteiger partial charge in [-0.15, -0.1) is 0 Å². The second kappa shape index (κ2) is 9.69. The molecule has 2 aliphatic rings. The molecule has 6 rings (SSSR count). The van der Waals surface area contributed by atoms with Crippen molar-refractivity contribution in [1.29, 1.82) is 0 Å². The summed E-state index contributed by atoms with van der Waals surface area (Å²) >= 11 is 0. The molecule has 1 amide bonds. The Morgan fingerprint density at radius 1 is 0.925 bits per heavy atom. The number of rotatable bonds is 6. The number of amides is 1. The topological polar surface area (TPSA) is 92.8 Å². The molecule has 2 aliphatic heterocycles. The molecular weight excluding hydrogens is 531 g/mol. The van der Waals surface area contributed by atoms with E-state index in [-0.39, 0.29) is 17.2 Å². The summed E-state index contributed by atoms with van der Waals surface area (Å²) in [6.07, 6.45) is 0. The molecule has 0 bridgehead atoms. The largest absolute Gasteiger partial charge is 0.496 e. The van der Waals surface area contributed by atoms with Crippen molar-refractivity contribution < 1.29 is 27.1 Å². The zero-order valence-corrected chi connectivity index (χ0v) is 22.3. The zero-order valence-electron chi connectivity index (χ0n) is 21.5. The Morgan fingerprint density at radius 2 is 1.57 bits per heavy atom. The van der Waals surface area contributed by atoms with Gasteiger partial charge < -0.3 is 10.1 Å². The van der Waals surface area contributed by atoms with Gasteiger partial charge in [0.25, 0.3) is 5.91 Å². The van der Waals surface area contributed by atoms with Crippen molar-refractivity contribution in [3.8, 4) is 5.75 Å². The smallest absolute Gasteiger partial charge is 0.251 e. The highest BCUT2D eigenvalue weighted by Crippen LogP contribution is 2.58. The second-order valence-corrected chi connectivity index (χ2v) is 11.7. The van der Waals surface area contributed by atoms with Crippen LogP contribution < -0.4 is 10.1 Å². The van der Waals surface area contributed by atoms with Crippen molar-refractivity contribution in [1.82, 2.24) is 4.31 Å². The number of anilines is 1. The van der Waals surface area contributed by atoms with Crippen LogP contribution in [0.5, 0.6) is 5.75 Å². The van der Waals surface area contributed by atoms with Gasteiger partial charge in [-0.05, 0) is 42.0 Å². The summed E-state index contributed by atoms with van der Waals surface area (Å²) < 4.78 is 49.3. The third-order valence-corrected chi connectivity index (χ3v) is 9.71. The molecule has 0 aliphatic carbocycles. The fraction of sp³-hybridized carbons (Fsp3) is 0.161. The Kier molecular flexibility index (Phi) is 6.28. The van der Waals surface area contributed by atoms with Gasteiger partial charge in [-0.1, -0.05) is 66.7 Å². The Hall–Kier alpha value is -4.34. The minimum absolute atomic E-state index is 0.183. The molecule has 1 N–H and O–H groups in total. The number of fused-ring (bicyclic) bond motifs is 2. The Balaban J connectivity index is 1.67. The minimum atomic E-state index is -4.42. The van der Waals surface area contributed by atoms with Crippen LogP contribution in [0, 0.1) is 11.7 Å². The van der Waals surface area contributed by atoms with Crippen LogP contribution in [0.15, 0.2) is 108 Å². The molecule has 1 fully saturated rings. The van der Waals surface area contributed by atoms with Crippen LogP contribution in [-0.2, 0) is 20.4 Å². The van der Waals surface area contributed by atoms with Crippen molar-refractivity contribution in [2.24, 2.45) is 5.92 Å². The number of nitrogens with one attached hydrogen (secondary N) is 1. The Bertz CT molecular complexity index is 1730. The van der Waals surface area contributed by atoms with Gasteiger partial charge in [0.15, 0.2) is 11.3 Å². The van der Waals surface area contributed by atoms with E-state index in [1.54, 1.807) is 78.9 Å². The Morgan fingerprint density at radius 3 is 2.30 bits per heavy atom. The first-order valence-electron chi connectivity index (χ1n) is 12.7. The van der Waals surface area contributed by atoms with Crippen LogP contribution in [0.1, 0.15) is 27.4 Å². The van der Waals surface area contributed by atoms with Gasteiger partial charge in [0, 0.05) is 29.3 Å². The monoisotopic (exact) mass is 556 g/mol. The first-order chi connectivity index (χ1) is 19.3. The van der Waals surface area contributed by atoms with Gasteiger partial charge in [0.05, 0.1) is 17.9 Å². The molecule has 4 aromatic carbocycles. The van der Waals surface area contributed by atoms with E-state index in [0.717, 1.165) is 16.4 Å². The van der Waals surface area contributed by atoms with Gasteiger partial charge in [-0.3, -0.25) is 9.59 Å². The number of para-hydroxylation sites is 2. The molecule has 0 radical (unpaired) electrons. The van der Waals surface area contributed by atoms with Crippen LogP contribution in [-0.4, -0.2) is 38.1 Å². The second-order valence-electron chi connectivity index (χ2n) is 9.81. The molecule has 3 atom stereocenters. The quantitative estimate of drug-likeness (QED) is 0.339. The summed E-state index contributed by atoms with van der Waals surface area (Å²) in [5, 5.41) is 2.84. The average molecular weight is 557 g/mol. The number of methoxy groups -OCH3 is 1. The summed E-state index contributed by atoms with van der Waals surface area (Å²) in [6, 6.07) is 26.9. The molecule has 0 saturated carbocycles. The number of hydrogen-bond acceptors (Lipinski definition) is 5. The van der Waals surface area contributed by atoms with E-state index < -0.39 is 39.1 Å². The summed E-state index contributed by atoms with van der Waals surface area (Å²) in [7, 11) is -2.92. The number of hydrogen-bond donors (Lipinski definition) is 1. The van der Waals surface area contributed by atoms with Gasteiger partial charge in [0.1, 0.15) is 11.6 Å². The van der Waals surface area contributed by atoms with E-state index in [0.29, 0.717) is 28.1 Å². The standard InChI is InChI=1S/C31H25FN2O5S/c1-39-27-14-8-5-11-23(27)24-19-34(40(37,38)22-17-15-21(32)16-18-22)31(25-12-6-7-13-26(25)33-30(31)36)28(24)29(35)20-9-3-2-4-10-20/h2-18,24,28H,19H2,1H3,(H,33,36). The molecule has 202 valence electrons. The third kappa shape index (κ3) is 3.76. The van der Waals surface area contributed by atoms with Gasteiger partial charge >= 0.3 is 0 Å². The summed E-state index contributed by atoms with van der Waals surface area (Å²) in [5.74, 6) is -3.02. The lowest BCUT2D eigenvalue weighted by molar-refractivity contribution is -0.125. The highest BCUT2D eigenvalue weighted by Gasteiger charge is 2.68. The number of halogens is 1. The Labute approximate surface area is 231 Å². The number of ether oxygens (including phenoxy) is 1. The number of carbonyl (C=O) groups is 2. The fourth-order valence-electron chi connectivity index (χ4n) is 6.12. The maximum atomic E-state index is 14.5. The first-order valence-corrected chi connectivity index (χ1v) is 14.2. The maximum absolute atomic E-state index is 14.5. The van der Waals surface area contributed by atoms with Crippen molar-refractivity contribution >= 4 is 27.4 Å². The summed E-state index contributed by atoms with van der Waals surface area (Å²) in [6.45, 7) is -0.189. The highest BCUT2D eigenvalue weighted by molar-refractivity contribution is 7.89.